The SMILES string of the molecule is CCNC(c1ccc(C)o1)c1cc2cc(F)ccc2o1. The molecule has 1 aromatic carbocycles. The van der Waals surface area contributed by atoms with Crippen LogP contribution in [0.25, 0.3) is 11.0 Å². The zero-order chi connectivity index (χ0) is 14.1. The predicted octanol–water partition coefficient (Wildman–Crippen LogP) is 4.17. The minimum atomic E-state index is -0.265. The summed E-state index contributed by atoms with van der Waals surface area (Å²) in [6.07, 6.45) is 0. The van der Waals surface area contributed by atoms with Gasteiger partial charge < -0.3 is 14.2 Å². The number of nitrogens with one attached hydrogen (secondary N) is 1. The van der Waals surface area contributed by atoms with Crippen LogP contribution in [0.15, 0.2) is 45.2 Å². The number of rotatable bonds is 4. The first kappa shape index (κ1) is 12.9. The van der Waals surface area contributed by atoms with E-state index in [0.29, 0.717) is 5.58 Å². The van der Waals surface area contributed by atoms with Crippen molar-refractivity contribution < 1.29 is 13.2 Å². The third-order valence-electron chi connectivity index (χ3n) is 3.24. The Balaban J connectivity index is 2.04. The van der Waals surface area contributed by atoms with Crippen molar-refractivity contribution in [2.75, 3.05) is 6.54 Å². The number of fused-ring (bicyclic) bond motifs is 1. The Labute approximate surface area is 116 Å². The van der Waals surface area contributed by atoms with Gasteiger partial charge in [-0.25, -0.2) is 4.39 Å². The molecule has 3 nitrogen and oxygen atoms in total. The molecule has 0 aliphatic rings. The zero-order valence-corrected chi connectivity index (χ0v) is 11.4. The number of furan rings is 2. The highest BCUT2D eigenvalue weighted by molar-refractivity contribution is 5.78. The van der Waals surface area contributed by atoms with Gasteiger partial charge in [0.1, 0.15) is 34.7 Å². The molecule has 1 unspecified atom stereocenters. The zero-order valence-electron chi connectivity index (χ0n) is 11.4. The van der Waals surface area contributed by atoms with Crippen molar-refractivity contribution in [3.63, 3.8) is 0 Å². The van der Waals surface area contributed by atoms with E-state index in [1.165, 1.54) is 12.1 Å². The van der Waals surface area contributed by atoms with Gasteiger partial charge in [-0.3, -0.25) is 0 Å². The summed E-state index contributed by atoms with van der Waals surface area (Å²) in [4.78, 5) is 0. The van der Waals surface area contributed by atoms with Crippen LogP contribution in [-0.2, 0) is 0 Å². The van der Waals surface area contributed by atoms with Gasteiger partial charge in [-0.15, -0.1) is 0 Å². The normalized spacial score (nSPS) is 12.9. The van der Waals surface area contributed by atoms with E-state index in [2.05, 4.69) is 5.32 Å². The average molecular weight is 273 g/mol. The van der Waals surface area contributed by atoms with Crippen molar-refractivity contribution in [1.82, 2.24) is 5.32 Å². The Hall–Kier alpha value is -2.07. The fourth-order valence-corrected chi connectivity index (χ4v) is 2.33. The van der Waals surface area contributed by atoms with Gasteiger partial charge in [0.05, 0.1) is 0 Å². The molecule has 104 valence electrons. The summed E-state index contributed by atoms with van der Waals surface area (Å²) < 4.78 is 24.7. The Morgan fingerprint density at radius 2 is 1.95 bits per heavy atom. The molecule has 3 aromatic rings. The summed E-state index contributed by atoms with van der Waals surface area (Å²) in [5.41, 5.74) is 0.674. The van der Waals surface area contributed by atoms with Crippen LogP contribution >= 0.6 is 0 Å². The maximum Gasteiger partial charge on any atom is 0.134 e. The number of halogens is 1. The molecule has 0 saturated carbocycles. The molecule has 0 saturated heterocycles. The molecule has 0 radical (unpaired) electrons. The second-order valence-electron chi connectivity index (χ2n) is 4.77. The molecule has 2 aromatic heterocycles. The van der Waals surface area contributed by atoms with Gasteiger partial charge in [-0.2, -0.15) is 0 Å². The van der Waals surface area contributed by atoms with Gasteiger partial charge in [-0.05, 0) is 49.9 Å². The molecule has 0 bridgehead atoms. The molecule has 2 heterocycles. The fraction of sp³-hybridized carbons (Fsp3) is 0.250. The average Bonchev–Trinajstić information content (AvgIpc) is 3.01. The largest absolute Gasteiger partial charge is 0.464 e. The standard InChI is InChI=1S/C16H16FNO2/c1-3-18-16(14-6-4-10(2)19-14)15-9-11-8-12(17)5-7-13(11)20-15/h4-9,16,18H,3H2,1-2H3. The van der Waals surface area contributed by atoms with Crippen molar-refractivity contribution in [2.24, 2.45) is 0 Å². The molecule has 0 spiro atoms. The van der Waals surface area contributed by atoms with Gasteiger partial charge in [0.25, 0.3) is 0 Å². The Morgan fingerprint density at radius 1 is 1.10 bits per heavy atom. The summed E-state index contributed by atoms with van der Waals surface area (Å²) in [6, 6.07) is 10.0. The van der Waals surface area contributed by atoms with E-state index in [0.717, 1.165) is 29.2 Å². The highest BCUT2D eigenvalue weighted by Crippen LogP contribution is 2.29. The maximum absolute atomic E-state index is 13.2. The maximum atomic E-state index is 13.2. The fourth-order valence-electron chi connectivity index (χ4n) is 2.33. The smallest absolute Gasteiger partial charge is 0.134 e. The first-order valence-electron chi connectivity index (χ1n) is 6.66. The van der Waals surface area contributed by atoms with Crippen molar-refractivity contribution in [1.29, 1.82) is 0 Å². The van der Waals surface area contributed by atoms with E-state index >= 15 is 0 Å². The molecule has 0 aliphatic carbocycles. The van der Waals surface area contributed by atoms with Crippen molar-refractivity contribution >= 4 is 11.0 Å². The molecular weight excluding hydrogens is 257 g/mol. The predicted molar refractivity (Wildman–Crippen MR) is 75.1 cm³/mol. The minimum Gasteiger partial charge on any atom is -0.464 e. The number of hydrogen-bond donors (Lipinski definition) is 1. The van der Waals surface area contributed by atoms with Gasteiger partial charge in [0.2, 0.25) is 0 Å². The quantitative estimate of drug-likeness (QED) is 0.775. The molecule has 3 rings (SSSR count). The van der Waals surface area contributed by atoms with E-state index in [1.54, 1.807) is 6.07 Å². The van der Waals surface area contributed by atoms with E-state index in [4.69, 9.17) is 8.83 Å². The molecule has 4 heteroatoms. The summed E-state index contributed by atoms with van der Waals surface area (Å²) in [5.74, 6) is 2.11. The minimum absolute atomic E-state index is 0.163. The lowest BCUT2D eigenvalue weighted by Gasteiger charge is -2.12. The highest BCUT2D eigenvalue weighted by Gasteiger charge is 2.20. The third kappa shape index (κ3) is 2.34. The number of hydrogen-bond acceptors (Lipinski definition) is 3. The first-order valence-corrected chi connectivity index (χ1v) is 6.66. The Kier molecular flexibility index (Phi) is 3.32. The van der Waals surface area contributed by atoms with Crippen molar-refractivity contribution in [3.05, 3.63) is 59.5 Å². The van der Waals surface area contributed by atoms with Crippen LogP contribution in [-0.4, -0.2) is 6.54 Å². The second-order valence-corrected chi connectivity index (χ2v) is 4.77. The molecule has 0 fully saturated rings. The third-order valence-corrected chi connectivity index (χ3v) is 3.24. The molecule has 1 N–H and O–H groups in total. The van der Waals surface area contributed by atoms with Crippen LogP contribution in [0.1, 0.15) is 30.2 Å². The van der Waals surface area contributed by atoms with Crippen LogP contribution < -0.4 is 5.32 Å². The topological polar surface area (TPSA) is 38.3 Å². The van der Waals surface area contributed by atoms with Crippen LogP contribution in [0.4, 0.5) is 4.39 Å². The monoisotopic (exact) mass is 273 g/mol. The molecule has 0 amide bonds. The van der Waals surface area contributed by atoms with Crippen LogP contribution in [0.3, 0.4) is 0 Å². The van der Waals surface area contributed by atoms with E-state index < -0.39 is 0 Å². The van der Waals surface area contributed by atoms with Crippen LogP contribution in [0.2, 0.25) is 0 Å². The van der Waals surface area contributed by atoms with Crippen molar-refractivity contribution in [3.8, 4) is 0 Å². The van der Waals surface area contributed by atoms with Crippen LogP contribution in [0, 0.1) is 12.7 Å². The lowest BCUT2D eigenvalue weighted by atomic mass is 10.1. The highest BCUT2D eigenvalue weighted by atomic mass is 19.1. The summed E-state index contributed by atoms with van der Waals surface area (Å²) in [7, 11) is 0. The van der Waals surface area contributed by atoms with Crippen molar-refractivity contribution in [2.45, 2.75) is 19.9 Å². The van der Waals surface area contributed by atoms with Gasteiger partial charge in [0.15, 0.2) is 0 Å². The lowest BCUT2D eigenvalue weighted by Crippen LogP contribution is -2.20. The second kappa shape index (κ2) is 5.13. The summed E-state index contributed by atoms with van der Waals surface area (Å²) in [5, 5.41) is 4.08. The Bertz CT molecular complexity index is 729. The molecular formula is C16H16FNO2. The summed E-state index contributed by atoms with van der Waals surface area (Å²) in [6.45, 7) is 4.70. The van der Waals surface area contributed by atoms with Gasteiger partial charge in [0, 0.05) is 5.39 Å². The van der Waals surface area contributed by atoms with Gasteiger partial charge >= 0.3 is 0 Å². The number of benzene rings is 1. The molecule has 20 heavy (non-hydrogen) atoms. The molecule has 1 atom stereocenters. The first-order chi connectivity index (χ1) is 9.67. The molecule has 0 aliphatic heterocycles. The lowest BCUT2D eigenvalue weighted by molar-refractivity contribution is 0.394. The summed E-state index contributed by atoms with van der Waals surface area (Å²) >= 11 is 0. The Morgan fingerprint density at radius 3 is 2.65 bits per heavy atom. The van der Waals surface area contributed by atoms with Crippen LogP contribution in [0.5, 0.6) is 0 Å². The van der Waals surface area contributed by atoms with Gasteiger partial charge in [-0.1, -0.05) is 6.92 Å². The van der Waals surface area contributed by atoms with E-state index in [-0.39, 0.29) is 11.9 Å². The van der Waals surface area contributed by atoms with E-state index in [9.17, 15) is 4.39 Å². The number of aryl methyl sites for hydroxylation is 1. The van der Waals surface area contributed by atoms with E-state index in [1.807, 2.05) is 32.0 Å².